The third-order valence-corrected chi connectivity index (χ3v) is 12.1. The van der Waals surface area contributed by atoms with Gasteiger partial charge in [0.1, 0.15) is 0 Å². The Bertz CT molecular complexity index is 1870. The molecule has 270 valence electrons. The van der Waals surface area contributed by atoms with Crippen molar-refractivity contribution in [2.45, 2.75) is 162 Å². The lowest BCUT2D eigenvalue weighted by atomic mass is 9.69. The number of fused-ring (bicyclic) bond motifs is 5. The molecule has 1 aliphatic rings. The van der Waals surface area contributed by atoms with E-state index >= 15 is 0 Å². The van der Waals surface area contributed by atoms with E-state index in [1.807, 2.05) is 0 Å². The molecule has 0 atom stereocenters. The van der Waals surface area contributed by atoms with Gasteiger partial charge in [-0.05, 0) is 95.8 Å². The minimum absolute atomic E-state index is 0.0332. The highest BCUT2D eigenvalue weighted by atomic mass is 14.5. The van der Waals surface area contributed by atoms with E-state index in [-0.39, 0.29) is 16.2 Å². The molecule has 5 aromatic carbocycles. The van der Waals surface area contributed by atoms with Crippen LogP contribution in [-0.4, -0.2) is 0 Å². The number of rotatable bonds is 15. The van der Waals surface area contributed by atoms with Crippen LogP contribution in [0.1, 0.15) is 168 Å². The maximum absolute atomic E-state index is 2.67. The SMILES string of the molecule is CCCCCCCCC1(CCCCCCCC)c2cc(-c3c4ccccc4c(C(C)(C)C)c4ccccc34)ccc2-c2ccc(C(C)(C)C)cc21. The zero-order valence-corrected chi connectivity index (χ0v) is 33.5. The summed E-state index contributed by atoms with van der Waals surface area (Å²) in [5.41, 5.74) is 12.1. The molecular weight excluding hydrogens is 613 g/mol. The van der Waals surface area contributed by atoms with Crippen molar-refractivity contribution >= 4 is 21.5 Å². The summed E-state index contributed by atoms with van der Waals surface area (Å²) in [6, 6.07) is 33.6. The van der Waals surface area contributed by atoms with Gasteiger partial charge in [-0.1, -0.05) is 211 Å². The molecule has 0 fully saturated rings. The second kappa shape index (κ2) is 15.7. The summed E-state index contributed by atoms with van der Waals surface area (Å²) in [6.07, 6.45) is 18.6. The van der Waals surface area contributed by atoms with E-state index in [4.69, 9.17) is 0 Å². The molecule has 0 amide bonds. The molecule has 5 aromatic rings. The smallest absolute Gasteiger partial charge is 0.0215 e. The van der Waals surface area contributed by atoms with Crippen LogP contribution in [-0.2, 0) is 16.2 Å². The second-order valence-electron chi connectivity index (χ2n) is 18.0. The summed E-state index contributed by atoms with van der Waals surface area (Å²) in [5.74, 6) is 0. The highest BCUT2D eigenvalue weighted by Gasteiger charge is 2.43. The Morgan fingerprint density at radius 2 is 0.902 bits per heavy atom. The van der Waals surface area contributed by atoms with E-state index in [0.29, 0.717) is 0 Å². The minimum atomic E-state index is 0.0332. The number of unbranched alkanes of at least 4 members (excludes halogenated alkanes) is 10. The van der Waals surface area contributed by atoms with Gasteiger partial charge in [-0.3, -0.25) is 0 Å². The average molecular weight is 679 g/mol. The molecule has 0 saturated carbocycles. The summed E-state index contributed by atoms with van der Waals surface area (Å²) in [5, 5.41) is 5.54. The maximum atomic E-state index is 2.67. The number of benzene rings is 5. The largest absolute Gasteiger partial charge is 0.0654 e. The van der Waals surface area contributed by atoms with Crippen molar-refractivity contribution in [2.24, 2.45) is 0 Å². The van der Waals surface area contributed by atoms with Crippen LogP contribution < -0.4 is 0 Å². The first kappa shape index (κ1) is 37.4. The monoisotopic (exact) mass is 679 g/mol. The van der Waals surface area contributed by atoms with E-state index in [0.717, 1.165) is 0 Å². The Morgan fingerprint density at radius 1 is 0.451 bits per heavy atom. The van der Waals surface area contributed by atoms with Crippen molar-refractivity contribution in [1.82, 2.24) is 0 Å². The fourth-order valence-corrected chi connectivity index (χ4v) is 9.44. The Labute approximate surface area is 311 Å². The van der Waals surface area contributed by atoms with E-state index in [9.17, 15) is 0 Å². The van der Waals surface area contributed by atoms with Crippen LogP contribution in [0.25, 0.3) is 43.8 Å². The fraction of sp³-hybridized carbons (Fsp3) is 0.490. The average Bonchev–Trinajstić information content (AvgIpc) is 3.37. The van der Waals surface area contributed by atoms with Crippen molar-refractivity contribution in [1.29, 1.82) is 0 Å². The van der Waals surface area contributed by atoms with Crippen LogP contribution in [0.4, 0.5) is 0 Å². The number of hydrogen-bond donors (Lipinski definition) is 0. The predicted molar refractivity (Wildman–Crippen MR) is 226 cm³/mol. The van der Waals surface area contributed by atoms with Gasteiger partial charge in [-0.25, -0.2) is 0 Å². The van der Waals surface area contributed by atoms with Gasteiger partial charge in [0, 0.05) is 5.41 Å². The first-order chi connectivity index (χ1) is 24.5. The third kappa shape index (κ3) is 7.59. The molecule has 0 bridgehead atoms. The molecule has 0 radical (unpaired) electrons. The fourth-order valence-electron chi connectivity index (χ4n) is 9.44. The first-order valence-electron chi connectivity index (χ1n) is 20.8. The van der Waals surface area contributed by atoms with Crippen molar-refractivity contribution in [2.75, 3.05) is 0 Å². The van der Waals surface area contributed by atoms with E-state index in [1.165, 1.54) is 145 Å². The van der Waals surface area contributed by atoms with Gasteiger partial charge < -0.3 is 0 Å². The standard InChI is InChI=1S/C51H66/c1-9-11-13-15-17-23-33-51(34-24-18-16-14-12-10-2)45-35-37(29-31-39(45)40-32-30-38(36-46(40)51)49(3,4)5)47-41-25-19-21-27-43(41)48(50(6,7)8)44-28-22-20-26-42(44)47/h19-22,25-32,35-36H,9-18,23-24,33-34H2,1-8H3. The van der Waals surface area contributed by atoms with Gasteiger partial charge in [0.15, 0.2) is 0 Å². The van der Waals surface area contributed by atoms with Crippen LogP contribution in [0.2, 0.25) is 0 Å². The normalized spacial score (nSPS) is 14.0. The van der Waals surface area contributed by atoms with Gasteiger partial charge in [0.25, 0.3) is 0 Å². The van der Waals surface area contributed by atoms with Crippen molar-refractivity contribution in [3.63, 3.8) is 0 Å². The van der Waals surface area contributed by atoms with E-state index < -0.39 is 0 Å². The highest BCUT2D eigenvalue weighted by molar-refractivity contribution is 6.15. The van der Waals surface area contributed by atoms with Crippen LogP contribution in [0.5, 0.6) is 0 Å². The van der Waals surface area contributed by atoms with Crippen molar-refractivity contribution in [3.05, 3.63) is 107 Å². The second-order valence-corrected chi connectivity index (χ2v) is 18.0. The van der Waals surface area contributed by atoms with Crippen LogP contribution >= 0.6 is 0 Å². The molecule has 0 heterocycles. The molecule has 51 heavy (non-hydrogen) atoms. The summed E-state index contributed by atoms with van der Waals surface area (Å²) in [6.45, 7) is 18.9. The Kier molecular flexibility index (Phi) is 11.5. The summed E-state index contributed by atoms with van der Waals surface area (Å²) < 4.78 is 0. The first-order valence-corrected chi connectivity index (χ1v) is 20.8. The van der Waals surface area contributed by atoms with Crippen molar-refractivity contribution < 1.29 is 0 Å². The van der Waals surface area contributed by atoms with Gasteiger partial charge in [0.05, 0.1) is 0 Å². The molecular formula is C51H66. The molecule has 0 nitrogen and oxygen atoms in total. The zero-order valence-electron chi connectivity index (χ0n) is 33.5. The lowest BCUT2D eigenvalue weighted by Crippen LogP contribution is -2.26. The van der Waals surface area contributed by atoms with E-state index in [1.54, 1.807) is 11.1 Å². The number of hydrogen-bond acceptors (Lipinski definition) is 0. The summed E-state index contributed by atoms with van der Waals surface area (Å²) >= 11 is 0. The molecule has 6 rings (SSSR count). The van der Waals surface area contributed by atoms with Crippen LogP contribution in [0.15, 0.2) is 84.9 Å². The highest BCUT2D eigenvalue weighted by Crippen LogP contribution is 2.56. The predicted octanol–water partition coefficient (Wildman–Crippen LogP) is 16.0. The molecule has 0 N–H and O–H groups in total. The van der Waals surface area contributed by atoms with Crippen LogP contribution in [0, 0.1) is 0 Å². The molecule has 0 unspecified atom stereocenters. The van der Waals surface area contributed by atoms with Gasteiger partial charge in [-0.2, -0.15) is 0 Å². The molecule has 1 aliphatic carbocycles. The van der Waals surface area contributed by atoms with Gasteiger partial charge in [-0.15, -0.1) is 0 Å². The lowest BCUT2D eigenvalue weighted by Gasteiger charge is -2.34. The Balaban J connectivity index is 1.55. The molecule has 0 saturated heterocycles. The topological polar surface area (TPSA) is 0 Å². The van der Waals surface area contributed by atoms with Gasteiger partial charge >= 0.3 is 0 Å². The quantitative estimate of drug-likeness (QED) is 0.0764. The lowest BCUT2D eigenvalue weighted by molar-refractivity contribution is 0.397. The Hall–Kier alpha value is -3.38. The minimum Gasteiger partial charge on any atom is -0.0654 e. The maximum Gasteiger partial charge on any atom is 0.0215 e. The van der Waals surface area contributed by atoms with Crippen LogP contribution in [0.3, 0.4) is 0 Å². The van der Waals surface area contributed by atoms with Crippen molar-refractivity contribution in [3.8, 4) is 22.3 Å². The zero-order chi connectivity index (χ0) is 36.2. The Morgan fingerprint density at radius 3 is 1.39 bits per heavy atom. The summed E-state index contributed by atoms with van der Waals surface area (Å²) in [7, 11) is 0. The molecule has 0 aliphatic heterocycles. The summed E-state index contributed by atoms with van der Waals surface area (Å²) in [4.78, 5) is 0. The molecule has 0 heteroatoms. The van der Waals surface area contributed by atoms with Gasteiger partial charge in [0.2, 0.25) is 0 Å². The van der Waals surface area contributed by atoms with E-state index in [2.05, 4.69) is 140 Å². The molecule has 0 spiro atoms. The third-order valence-electron chi connectivity index (χ3n) is 12.1. The molecule has 0 aromatic heterocycles.